The Bertz CT molecular complexity index is 200. The summed E-state index contributed by atoms with van der Waals surface area (Å²) >= 11 is 0. The second-order valence-corrected chi connectivity index (χ2v) is 4.16. The summed E-state index contributed by atoms with van der Waals surface area (Å²) < 4.78 is 10.2. The SMILES string of the molecule is CCOC(=O)[C@@H]1O[C@]1(C)CC(C)C. The van der Waals surface area contributed by atoms with E-state index in [1.54, 1.807) is 6.92 Å². The van der Waals surface area contributed by atoms with Crippen molar-refractivity contribution in [2.24, 2.45) is 5.92 Å². The Labute approximate surface area is 79.4 Å². The summed E-state index contributed by atoms with van der Waals surface area (Å²) in [6.07, 6.45) is 0.589. The number of rotatable bonds is 4. The molecule has 0 aromatic rings. The largest absolute Gasteiger partial charge is 0.464 e. The highest BCUT2D eigenvalue weighted by Crippen LogP contribution is 2.42. The maximum atomic E-state index is 11.3. The van der Waals surface area contributed by atoms with Gasteiger partial charge in [-0.2, -0.15) is 0 Å². The smallest absolute Gasteiger partial charge is 0.338 e. The minimum atomic E-state index is -0.324. The zero-order valence-corrected chi connectivity index (χ0v) is 8.79. The molecule has 0 radical (unpaired) electrons. The van der Waals surface area contributed by atoms with Gasteiger partial charge in [0.1, 0.15) is 5.60 Å². The molecule has 1 saturated heterocycles. The minimum absolute atomic E-state index is 0.217. The van der Waals surface area contributed by atoms with Crippen molar-refractivity contribution in [3.05, 3.63) is 0 Å². The van der Waals surface area contributed by atoms with E-state index in [0.29, 0.717) is 12.5 Å². The molecule has 1 fully saturated rings. The van der Waals surface area contributed by atoms with Crippen molar-refractivity contribution >= 4 is 5.97 Å². The summed E-state index contributed by atoms with van der Waals surface area (Å²) in [5, 5.41) is 0. The first-order valence-corrected chi connectivity index (χ1v) is 4.84. The Balaban J connectivity index is 2.38. The summed E-state index contributed by atoms with van der Waals surface area (Å²) in [6.45, 7) is 8.44. The average molecular weight is 186 g/mol. The van der Waals surface area contributed by atoms with E-state index >= 15 is 0 Å². The second kappa shape index (κ2) is 3.66. The summed E-state index contributed by atoms with van der Waals surface area (Å²) in [4.78, 5) is 11.3. The van der Waals surface area contributed by atoms with Crippen molar-refractivity contribution in [3.8, 4) is 0 Å². The van der Waals surface area contributed by atoms with Crippen molar-refractivity contribution in [2.45, 2.75) is 45.8 Å². The number of hydrogen-bond donors (Lipinski definition) is 0. The van der Waals surface area contributed by atoms with E-state index in [0.717, 1.165) is 6.42 Å². The van der Waals surface area contributed by atoms with Crippen LogP contribution in [0.15, 0.2) is 0 Å². The quantitative estimate of drug-likeness (QED) is 0.496. The fraction of sp³-hybridized carbons (Fsp3) is 0.900. The highest BCUT2D eigenvalue weighted by atomic mass is 16.7. The standard InChI is InChI=1S/C10H18O3/c1-5-12-9(11)8-10(4,13-8)6-7(2)3/h7-8H,5-6H2,1-4H3/t8-,10+/m0/s1. The number of hydrogen-bond acceptors (Lipinski definition) is 3. The fourth-order valence-corrected chi connectivity index (χ4v) is 1.72. The van der Waals surface area contributed by atoms with Crippen LogP contribution >= 0.6 is 0 Å². The molecule has 76 valence electrons. The molecule has 0 N–H and O–H groups in total. The van der Waals surface area contributed by atoms with Crippen LogP contribution in [0.3, 0.4) is 0 Å². The third kappa shape index (κ3) is 2.44. The molecule has 0 saturated carbocycles. The van der Waals surface area contributed by atoms with Gasteiger partial charge in [-0.15, -0.1) is 0 Å². The van der Waals surface area contributed by atoms with Gasteiger partial charge in [0.15, 0.2) is 6.10 Å². The molecule has 0 unspecified atom stereocenters. The molecule has 3 heteroatoms. The van der Waals surface area contributed by atoms with Gasteiger partial charge in [-0.3, -0.25) is 0 Å². The molecule has 0 aromatic heterocycles. The van der Waals surface area contributed by atoms with Gasteiger partial charge in [0.2, 0.25) is 0 Å². The van der Waals surface area contributed by atoms with Gasteiger partial charge in [0.05, 0.1) is 6.61 Å². The van der Waals surface area contributed by atoms with E-state index in [1.807, 2.05) is 6.92 Å². The normalized spacial score (nSPS) is 31.9. The van der Waals surface area contributed by atoms with Crippen molar-refractivity contribution in [2.75, 3.05) is 6.61 Å². The molecular weight excluding hydrogens is 168 g/mol. The third-order valence-corrected chi connectivity index (χ3v) is 2.20. The molecule has 0 bridgehead atoms. The van der Waals surface area contributed by atoms with E-state index in [-0.39, 0.29) is 17.7 Å². The van der Waals surface area contributed by atoms with Crippen LogP contribution in [0.2, 0.25) is 0 Å². The Morgan fingerprint density at radius 3 is 2.69 bits per heavy atom. The Kier molecular flexibility index (Phi) is 2.96. The first kappa shape index (κ1) is 10.5. The van der Waals surface area contributed by atoms with Gasteiger partial charge in [-0.05, 0) is 26.2 Å². The van der Waals surface area contributed by atoms with Crippen LogP contribution in [0.4, 0.5) is 0 Å². The summed E-state index contributed by atoms with van der Waals surface area (Å²) in [7, 11) is 0. The van der Waals surface area contributed by atoms with Crippen molar-refractivity contribution < 1.29 is 14.3 Å². The summed E-state index contributed by atoms with van der Waals surface area (Å²) in [5.41, 5.74) is -0.263. The van der Waals surface area contributed by atoms with Crippen LogP contribution < -0.4 is 0 Å². The molecule has 1 aliphatic heterocycles. The number of epoxide rings is 1. The van der Waals surface area contributed by atoms with E-state index in [2.05, 4.69) is 13.8 Å². The lowest BCUT2D eigenvalue weighted by molar-refractivity contribution is -0.144. The second-order valence-electron chi connectivity index (χ2n) is 4.16. The van der Waals surface area contributed by atoms with Gasteiger partial charge in [-0.1, -0.05) is 13.8 Å². The zero-order valence-electron chi connectivity index (χ0n) is 8.79. The van der Waals surface area contributed by atoms with Gasteiger partial charge < -0.3 is 9.47 Å². The first-order chi connectivity index (χ1) is 5.99. The molecule has 0 aliphatic carbocycles. The van der Waals surface area contributed by atoms with Crippen LogP contribution in [0.1, 0.15) is 34.1 Å². The molecule has 0 aromatic carbocycles. The third-order valence-electron chi connectivity index (χ3n) is 2.20. The maximum absolute atomic E-state index is 11.3. The van der Waals surface area contributed by atoms with Crippen LogP contribution in [-0.2, 0) is 14.3 Å². The molecule has 1 rings (SSSR count). The minimum Gasteiger partial charge on any atom is -0.464 e. The number of esters is 1. The monoisotopic (exact) mass is 186 g/mol. The van der Waals surface area contributed by atoms with Crippen molar-refractivity contribution in [1.29, 1.82) is 0 Å². The molecule has 1 aliphatic rings. The van der Waals surface area contributed by atoms with E-state index in [9.17, 15) is 4.79 Å². The van der Waals surface area contributed by atoms with Gasteiger partial charge in [0.25, 0.3) is 0 Å². The highest BCUT2D eigenvalue weighted by Gasteiger charge is 2.57. The number of ether oxygens (including phenoxy) is 2. The van der Waals surface area contributed by atoms with E-state index < -0.39 is 0 Å². The number of carbonyl (C=O) groups is 1. The fourth-order valence-electron chi connectivity index (χ4n) is 1.72. The summed E-state index contributed by atoms with van der Waals surface area (Å²) in [5.74, 6) is 0.329. The van der Waals surface area contributed by atoms with E-state index in [1.165, 1.54) is 0 Å². The summed E-state index contributed by atoms with van der Waals surface area (Å²) in [6, 6.07) is 0. The van der Waals surface area contributed by atoms with Gasteiger partial charge in [-0.25, -0.2) is 4.79 Å². The molecular formula is C10H18O3. The first-order valence-electron chi connectivity index (χ1n) is 4.84. The van der Waals surface area contributed by atoms with Gasteiger partial charge in [0, 0.05) is 0 Å². The van der Waals surface area contributed by atoms with Gasteiger partial charge >= 0.3 is 5.97 Å². The van der Waals surface area contributed by atoms with Crippen LogP contribution in [0, 0.1) is 5.92 Å². The van der Waals surface area contributed by atoms with Crippen molar-refractivity contribution in [1.82, 2.24) is 0 Å². The lowest BCUT2D eigenvalue weighted by Crippen LogP contribution is -2.21. The van der Waals surface area contributed by atoms with Crippen LogP contribution in [0.25, 0.3) is 0 Å². The van der Waals surface area contributed by atoms with Crippen molar-refractivity contribution in [3.63, 3.8) is 0 Å². The van der Waals surface area contributed by atoms with E-state index in [4.69, 9.17) is 9.47 Å². The molecule has 0 spiro atoms. The Morgan fingerprint density at radius 1 is 1.62 bits per heavy atom. The Hall–Kier alpha value is -0.570. The zero-order chi connectivity index (χ0) is 10.1. The maximum Gasteiger partial charge on any atom is 0.338 e. The predicted octanol–water partition coefficient (Wildman–Crippen LogP) is 1.75. The number of carbonyl (C=O) groups excluding carboxylic acids is 1. The molecule has 0 amide bonds. The molecule has 13 heavy (non-hydrogen) atoms. The topological polar surface area (TPSA) is 38.8 Å². The van der Waals surface area contributed by atoms with Crippen LogP contribution in [-0.4, -0.2) is 24.3 Å². The lowest BCUT2D eigenvalue weighted by Gasteiger charge is -2.08. The molecule has 1 heterocycles. The lowest BCUT2D eigenvalue weighted by atomic mass is 9.96. The average Bonchev–Trinajstić information content (AvgIpc) is 2.60. The van der Waals surface area contributed by atoms with Crippen LogP contribution in [0.5, 0.6) is 0 Å². The molecule has 3 nitrogen and oxygen atoms in total. The molecule has 2 atom stereocenters. The predicted molar refractivity (Wildman–Crippen MR) is 49.4 cm³/mol. The Morgan fingerprint density at radius 2 is 2.23 bits per heavy atom. The highest BCUT2D eigenvalue weighted by molar-refractivity contribution is 5.79.